The Morgan fingerprint density at radius 2 is 1.82 bits per heavy atom. The summed E-state index contributed by atoms with van der Waals surface area (Å²) >= 11 is 4.96. The number of hydrogen-bond acceptors (Lipinski definition) is 2. The molecule has 0 heterocycles. The Labute approximate surface area is 74.8 Å². The average Bonchev–Trinajstić information content (AvgIpc) is 1.99. The van der Waals surface area contributed by atoms with Crippen molar-refractivity contribution in [1.82, 2.24) is 4.90 Å². The predicted octanol–water partition coefficient (Wildman–Crippen LogP) is 1.39. The Hall–Kier alpha value is -0.150. The highest BCUT2D eigenvalue weighted by Gasteiger charge is 2.15. The van der Waals surface area contributed by atoms with Crippen LogP contribution in [0.3, 0.4) is 0 Å². The second kappa shape index (κ2) is 5.49. The van der Waals surface area contributed by atoms with Crippen molar-refractivity contribution in [2.24, 2.45) is 5.73 Å². The van der Waals surface area contributed by atoms with E-state index in [1.165, 1.54) is 0 Å². The van der Waals surface area contributed by atoms with Gasteiger partial charge in [0, 0.05) is 0 Å². The standard InChI is InChI=1S/C8H18N2S/c1-4-7(8(9)11)10(5-2)6-3/h7H,4-6H2,1-3H3,(H2,9,11). The molecule has 0 saturated carbocycles. The van der Waals surface area contributed by atoms with Gasteiger partial charge in [-0.15, -0.1) is 0 Å². The number of hydrogen-bond donors (Lipinski definition) is 1. The monoisotopic (exact) mass is 174 g/mol. The van der Waals surface area contributed by atoms with Gasteiger partial charge in [-0.05, 0) is 19.5 Å². The third-order valence-corrected chi connectivity index (χ3v) is 2.24. The summed E-state index contributed by atoms with van der Waals surface area (Å²) in [5.74, 6) is 0. The van der Waals surface area contributed by atoms with Crippen molar-refractivity contribution in [3.63, 3.8) is 0 Å². The molecule has 0 aliphatic carbocycles. The van der Waals surface area contributed by atoms with Gasteiger partial charge < -0.3 is 5.73 Å². The maximum absolute atomic E-state index is 5.59. The summed E-state index contributed by atoms with van der Waals surface area (Å²) in [6, 6.07) is 0.292. The number of thiocarbonyl (C=S) groups is 1. The van der Waals surface area contributed by atoms with Crippen molar-refractivity contribution >= 4 is 17.2 Å². The van der Waals surface area contributed by atoms with E-state index >= 15 is 0 Å². The van der Waals surface area contributed by atoms with Crippen LogP contribution in [0, 0.1) is 0 Å². The highest BCUT2D eigenvalue weighted by atomic mass is 32.1. The summed E-state index contributed by atoms with van der Waals surface area (Å²) in [5, 5.41) is 0. The summed E-state index contributed by atoms with van der Waals surface area (Å²) in [6.07, 6.45) is 1.01. The van der Waals surface area contributed by atoms with Gasteiger partial charge in [0.15, 0.2) is 0 Å². The van der Waals surface area contributed by atoms with Crippen LogP contribution in [0.2, 0.25) is 0 Å². The van der Waals surface area contributed by atoms with E-state index in [-0.39, 0.29) is 0 Å². The molecule has 66 valence electrons. The highest BCUT2D eigenvalue weighted by molar-refractivity contribution is 7.80. The maximum Gasteiger partial charge on any atom is 0.0901 e. The van der Waals surface area contributed by atoms with Crippen LogP contribution in [-0.2, 0) is 0 Å². The zero-order valence-electron chi connectivity index (χ0n) is 7.63. The molecular formula is C8H18N2S. The molecule has 0 spiro atoms. The normalized spacial score (nSPS) is 13.5. The number of likely N-dealkylation sites (N-methyl/N-ethyl adjacent to an activating group) is 1. The molecule has 2 N–H and O–H groups in total. The summed E-state index contributed by atoms with van der Waals surface area (Å²) in [7, 11) is 0. The molecule has 0 bridgehead atoms. The third kappa shape index (κ3) is 3.16. The molecule has 0 rings (SSSR count). The van der Waals surface area contributed by atoms with E-state index in [0.717, 1.165) is 19.5 Å². The quantitative estimate of drug-likeness (QED) is 0.639. The molecule has 0 aromatic heterocycles. The second-order valence-electron chi connectivity index (χ2n) is 2.55. The lowest BCUT2D eigenvalue weighted by Gasteiger charge is -2.27. The van der Waals surface area contributed by atoms with E-state index in [4.69, 9.17) is 18.0 Å². The lowest BCUT2D eigenvalue weighted by atomic mass is 10.2. The van der Waals surface area contributed by atoms with Crippen LogP contribution in [0.1, 0.15) is 27.2 Å². The number of nitrogens with two attached hydrogens (primary N) is 1. The smallest absolute Gasteiger partial charge is 0.0901 e. The van der Waals surface area contributed by atoms with E-state index < -0.39 is 0 Å². The second-order valence-corrected chi connectivity index (χ2v) is 3.02. The molecule has 0 aliphatic heterocycles. The van der Waals surface area contributed by atoms with Gasteiger partial charge in [-0.2, -0.15) is 0 Å². The van der Waals surface area contributed by atoms with E-state index in [9.17, 15) is 0 Å². The topological polar surface area (TPSA) is 29.3 Å². The van der Waals surface area contributed by atoms with Gasteiger partial charge in [0.05, 0.1) is 11.0 Å². The molecule has 0 aliphatic rings. The van der Waals surface area contributed by atoms with E-state index in [1.807, 2.05) is 0 Å². The molecule has 3 heteroatoms. The lowest BCUT2D eigenvalue weighted by Crippen LogP contribution is -2.43. The Morgan fingerprint density at radius 1 is 1.36 bits per heavy atom. The largest absolute Gasteiger partial charge is 0.392 e. The maximum atomic E-state index is 5.59. The van der Waals surface area contributed by atoms with Gasteiger partial charge in [-0.1, -0.05) is 33.0 Å². The molecule has 11 heavy (non-hydrogen) atoms. The molecule has 0 aromatic carbocycles. The van der Waals surface area contributed by atoms with Crippen LogP contribution in [0.5, 0.6) is 0 Å². The molecular weight excluding hydrogens is 156 g/mol. The fourth-order valence-electron chi connectivity index (χ4n) is 1.30. The van der Waals surface area contributed by atoms with Crippen molar-refractivity contribution < 1.29 is 0 Å². The molecule has 0 radical (unpaired) electrons. The van der Waals surface area contributed by atoms with Gasteiger partial charge in [0.1, 0.15) is 0 Å². The van der Waals surface area contributed by atoms with Gasteiger partial charge in [0.2, 0.25) is 0 Å². The van der Waals surface area contributed by atoms with E-state index in [0.29, 0.717) is 11.0 Å². The summed E-state index contributed by atoms with van der Waals surface area (Å²) in [5.41, 5.74) is 5.59. The minimum Gasteiger partial charge on any atom is -0.392 e. The molecule has 1 unspecified atom stereocenters. The van der Waals surface area contributed by atoms with Gasteiger partial charge in [-0.3, -0.25) is 4.90 Å². The van der Waals surface area contributed by atoms with Crippen LogP contribution in [0.4, 0.5) is 0 Å². The van der Waals surface area contributed by atoms with Crippen LogP contribution >= 0.6 is 12.2 Å². The first-order valence-corrected chi connectivity index (χ1v) is 4.61. The molecule has 0 fully saturated rings. The Morgan fingerprint density at radius 3 is 1.91 bits per heavy atom. The van der Waals surface area contributed by atoms with Gasteiger partial charge >= 0.3 is 0 Å². The zero-order valence-corrected chi connectivity index (χ0v) is 8.45. The zero-order chi connectivity index (χ0) is 8.85. The average molecular weight is 174 g/mol. The highest BCUT2D eigenvalue weighted by Crippen LogP contribution is 2.03. The Balaban J connectivity index is 4.09. The Kier molecular flexibility index (Phi) is 5.42. The minimum atomic E-state index is 0.292. The molecule has 0 saturated heterocycles. The van der Waals surface area contributed by atoms with Crippen molar-refractivity contribution in [2.75, 3.05) is 13.1 Å². The first-order valence-electron chi connectivity index (χ1n) is 4.20. The molecule has 0 aromatic rings. The van der Waals surface area contributed by atoms with E-state index in [2.05, 4.69) is 25.7 Å². The summed E-state index contributed by atoms with van der Waals surface area (Å²) in [4.78, 5) is 2.90. The van der Waals surface area contributed by atoms with Gasteiger partial charge in [0.25, 0.3) is 0 Å². The first-order chi connectivity index (χ1) is 5.17. The lowest BCUT2D eigenvalue weighted by molar-refractivity contribution is 0.264. The number of nitrogens with zero attached hydrogens (tertiary/aromatic N) is 1. The fraction of sp³-hybridized carbons (Fsp3) is 0.875. The van der Waals surface area contributed by atoms with Crippen molar-refractivity contribution in [3.8, 4) is 0 Å². The summed E-state index contributed by atoms with van der Waals surface area (Å²) in [6.45, 7) is 8.41. The van der Waals surface area contributed by atoms with Gasteiger partial charge in [-0.25, -0.2) is 0 Å². The number of rotatable bonds is 5. The Bertz CT molecular complexity index is 121. The third-order valence-electron chi connectivity index (χ3n) is 1.97. The summed E-state index contributed by atoms with van der Waals surface area (Å²) < 4.78 is 0. The van der Waals surface area contributed by atoms with Crippen molar-refractivity contribution in [1.29, 1.82) is 0 Å². The van der Waals surface area contributed by atoms with Crippen LogP contribution in [0.25, 0.3) is 0 Å². The molecule has 2 nitrogen and oxygen atoms in total. The first kappa shape index (κ1) is 10.8. The van der Waals surface area contributed by atoms with Crippen molar-refractivity contribution in [3.05, 3.63) is 0 Å². The van der Waals surface area contributed by atoms with Crippen LogP contribution < -0.4 is 5.73 Å². The SMILES string of the molecule is CCC(C(N)=S)N(CC)CC. The van der Waals surface area contributed by atoms with Crippen molar-refractivity contribution in [2.45, 2.75) is 33.2 Å². The predicted molar refractivity (Wildman–Crippen MR) is 53.8 cm³/mol. The molecule has 1 atom stereocenters. The van der Waals surface area contributed by atoms with Crippen LogP contribution in [0.15, 0.2) is 0 Å². The minimum absolute atomic E-state index is 0.292. The fourth-order valence-corrected chi connectivity index (χ4v) is 1.62. The van der Waals surface area contributed by atoms with E-state index in [1.54, 1.807) is 0 Å². The van der Waals surface area contributed by atoms with Crippen LogP contribution in [-0.4, -0.2) is 29.0 Å². The molecule has 0 amide bonds.